The lowest BCUT2D eigenvalue weighted by Gasteiger charge is -2.30. The molecule has 0 bridgehead atoms. The van der Waals surface area contributed by atoms with E-state index in [1.54, 1.807) is 0 Å². The van der Waals surface area contributed by atoms with E-state index in [2.05, 4.69) is 4.90 Å². The van der Waals surface area contributed by atoms with Crippen LogP contribution in [0.4, 0.5) is 11.4 Å². The molecule has 3 N–H and O–H groups in total. The molecule has 2 aromatic rings. The van der Waals surface area contributed by atoms with Crippen molar-refractivity contribution in [1.29, 1.82) is 0 Å². The van der Waals surface area contributed by atoms with E-state index in [1.807, 2.05) is 48.5 Å². The van der Waals surface area contributed by atoms with Gasteiger partial charge in [-0.2, -0.15) is 0 Å². The highest BCUT2D eigenvalue weighted by Gasteiger charge is 2.16. The van der Waals surface area contributed by atoms with E-state index >= 15 is 0 Å². The van der Waals surface area contributed by atoms with Crippen molar-refractivity contribution >= 4 is 11.4 Å². The Bertz CT molecular complexity index is 591. The van der Waals surface area contributed by atoms with Crippen LogP contribution in [0.2, 0.25) is 0 Å². The summed E-state index contributed by atoms with van der Waals surface area (Å²) < 4.78 is 0. The van der Waals surface area contributed by atoms with E-state index in [0.717, 1.165) is 35.6 Å². The van der Waals surface area contributed by atoms with Crippen LogP contribution in [-0.4, -0.2) is 18.2 Å². The van der Waals surface area contributed by atoms with Crippen molar-refractivity contribution in [2.45, 2.75) is 25.4 Å². The van der Waals surface area contributed by atoms with Gasteiger partial charge in [-0.15, -0.1) is 0 Å². The lowest BCUT2D eigenvalue weighted by atomic mass is 10.00. The summed E-state index contributed by atoms with van der Waals surface area (Å²) in [4.78, 5) is 2.34. The summed E-state index contributed by atoms with van der Waals surface area (Å²) in [5.74, 6) is 0. The second-order valence-corrected chi connectivity index (χ2v) is 5.68. The minimum absolute atomic E-state index is 0.621. The Hall–Kier alpha value is -2.00. The molecule has 1 aliphatic heterocycles. The third-order valence-corrected chi connectivity index (χ3v) is 4.18. The Kier molecular flexibility index (Phi) is 4.11. The number of hydrogen-bond acceptors (Lipinski definition) is 3. The molecule has 2 aromatic carbocycles. The zero-order valence-electron chi connectivity index (χ0n) is 12.2. The number of nitrogens with zero attached hydrogens (tertiary/aromatic N) is 1. The molecule has 21 heavy (non-hydrogen) atoms. The molecule has 110 valence electrons. The maximum Gasteiger partial charge on any atom is 0.104 e. The highest BCUT2D eigenvalue weighted by molar-refractivity contribution is 5.69. The highest BCUT2D eigenvalue weighted by atomic mass is 16.3. The number of aliphatic hydroxyl groups excluding tert-OH is 1. The van der Waals surface area contributed by atoms with Gasteiger partial charge in [-0.3, -0.25) is 0 Å². The van der Waals surface area contributed by atoms with Gasteiger partial charge in [0.1, 0.15) is 6.10 Å². The fourth-order valence-electron chi connectivity index (χ4n) is 2.99. The number of rotatable bonds is 3. The number of nitrogens with two attached hydrogens (primary N) is 1. The Morgan fingerprint density at radius 3 is 2.29 bits per heavy atom. The smallest absolute Gasteiger partial charge is 0.104 e. The van der Waals surface area contributed by atoms with Crippen LogP contribution in [0.15, 0.2) is 48.5 Å². The zero-order valence-corrected chi connectivity index (χ0v) is 12.2. The average Bonchev–Trinajstić information content (AvgIpc) is 2.55. The molecule has 0 spiro atoms. The van der Waals surface area contributed by atoms with Crippen LogP contribution in [0, 0.1) is 0 Å². The van der Waals surface area contributed by atoms with Crippen LogP contribution in [0.3, 0.4) is 0 Å². The van der Waals surface area contributed by atoms with Gasteiger partial charge in [-0.05, 0) is 42.5 Å². The summed E-state index contributed by atoms with van der Waals surface area (Å²) in [6.07, 6.45) is 3.15. The standard InChI is InChI=1S/C18H22N2O/c19-16-13-15(18(21)14-7-3-1-4-8-14)9-10-17(16)20-11-5-2-6-12-20/h1,3-4,7-10,13,18,21H,2,5-6,11-12,19H2/t18-/m1/s1. The maximum atomic E-state index is 10.4. The van der Waals surface area contributed by atoms with Gasteiger partial charge >= 0.3 is 0 Å². The minimum atomic E-state index is -0.621. The van der Waals surface area contributed by atoms with E-state index in [1.165, 1.54) is 19.3 Å². The Morgan fingerprint density at radius 2 is 1.62 bits per heavy atom. The van der Waals surface area contributed by atoms with Gasteiger partial charge in [0.25, 0.3) is 0 Å². The molecule has 0 aromatic heterocycles. The molecule has 3 heteroatoms. The van der Waals surface area contributed by atoms with Crippen LogP contribution in [0.5, 0.6) is 0 Å². The molecular weight excluding hydrogens is 260 g/mol. The molecule has 1 fully saturated rings. The van der Waals surface area contributed by atoms with E-state index in [-0.39, 0.29) is 0 Å². The van der Waals surface area contributed by atoms with Gasteiger partial charge in [0.2, 0.25) is 0 Å². The van der Waals surface area contributed by atoms with Crippen LogP contribution in [0.25, 0.3) is 0 Å². The number of hydrogen-bond donors (Lipinski definition) is 2. The van der Waals surface area contributed by atoms with E-state index in [9.17, 15) is 5.11 Å². The second-order valence-electron chi connectivity index (χ2n) is 5.68. The van der Waals surface area contributed by atoms with Gasteiger partial charge in [0, 0.05) is 13.1 Å². The molecule has 1 heterocycles. The fourth-order valence-corrected chi connectivity index (χ4v) is 2.99. The number of piperidine rings is 1. The summed E-state index contributed by atoms with van der Waals surface area (Å²) >= 11 is 0. The molecule has 0 unspecified atom stereocenters. The Morgan fingerprint density at radius 1 is 0.905 bits per heavy atom. The molecule has 1 aliphatic rings. The molecule has 0 aliphatic carbocycles. The molecule has 3 rings (SSSR count). The first-order chi connectivity index (χ1) is 10.3. The Balaban J connectivity index is 1.83. The van der Waals surface area contributed by atoms with Crippen molar-refractivity contribution in [2.24, 2.45) is 0 Å². The van der Waals surface area contributed by atoms with Crippen molar-refractivity contribution in [3.63, 3.8) is 0 Å². The first-order valence-electron chi connectivity index (χ1n) is 7.63. The van der Waals surface area contributed by atoms with E-state index in [0.29, 0.717) is 0 Å². The number of aliphatic hydroxyl groups is 1. The van der Waals surface area contributed by atoms with Crippen LogP contribution < -0.4 is 10.6 Å². The predicted molar refractivity (Wildman–Crippen MR) is 87.4 cm³/mol. The van der Waals surface area contributed by atoms with Gasteiger partial charge in [0.15, 0.2) is 0 Å². The van der Waals surface area contributed by atoms with Gasteiger partial charge < -0.3 is 15.7 Å². The van der Waals surface area contributed by atoms with Gasteiger partial charge in [-0.25, -0.2) is 0 Å². The number of benzene rings is 2. The van der Waals surface area contributed by atoms with Crippen molar-refractivity contribution in [3.05, 3.63) is 59.7 Å². The third-order valence-electron chi connectivity index (χ3n) is 4.18. The predicted octanol–water partition coefficient (Wildman–Crippen LogP) is 3.34. The van der Waals surface area contributed by atoms with Gasteiger partial charge in [0.05, 0.1) is 11.4 Å². The summed E-state index contributed by atoms with van der Waals surface area (Å²) in [5, 5.41) is 10.4. The maximum absolute atomic E-state index is 10.4. The lowest BCUT2D eigenvalue weighted by Crippen LogP contribution is -2.30. The minimum Gasteiger partial charge on any atom is -0.397 e. The normalized spacial score (nSPS) is 16.7. The van der Waals surface area contributed by atoms with Crippen LogP contribution in [0.1, 0.15) is 36.5 Å². The quantitative estimate of drug-likeness (QED) is 0.849. The summed E-state index contributed by atoms with van der Waals surface area (Å²) in [6, 6.07) is 15.6. The monoisotopic (exact) mass is 282 g/mol. The average molecular weight is 282 g/mol. The van der Waals surface area contributed by atoms with Crippen molar-refractivity contribution in [1.82, 2.24) is 0 Å². The molecule has 1 atom stereocenters. The molecule has 1 saturated heterocycles. The second kappa shape index (κ2) is 6.19. The molecule has 0 amide bonds. The highest BCUT2D eigenvalue weighted by Crippen LogP contribution is 2.31. The van der Waals surface area contributed by atoms with Crippen molar-refractivity contribution in [2.75, 3.05) is 23.7 Å². The topological polar surface area (TPSA) is 49.5 Å². The largest absolute Gasteiger partial charge is 0.397 e. The molecule has 0 radical (unpaired) electrons. The number of anilines is 2. The third kappa shape index (κ3) is 3.03. The first-order valence-corrected chi connectivity index (χ1v) is 7.63. The van der Waals surface area contributed by atoms with E-state index < -0.39 is 6.10 Å². The summed E-state index contributed by atoms with van der Waals surface area (Å²) in [5.41, 5.74) is 9.80. The van der Waals surface area contributed by atoms with Crippen LogP contribution >= 0.6 is 0 Å². The summed E-state index contributed by atoms with van der Waals surface area (Å²) in [6.45, 7) is 2.15. The SMILES string of the molecule is Nc1cc([C@H](O)c2ccccc2)ccc1N1CCCCC1. The molecule has 3 nitrogen and oxygen atoms in total. The molecule has 0 saturated carbocycles. The first kappa shape index (κ1) is 14.0. The van der Waals surface area contributed by atoms with Crippen molar-refractivity contribution in [3.8, 4) is 0 Å². The Labute approximate surface area is 126 Å². The lowest BCUT2D eigenvalue weighted by molar-refractivity contribution is 0.220. The summed E-state index contributed by atoms with van der Waals surface area (Å²) in [7, 11) is 0. The van der Waals surface area contributed by atoms with Gasteiger partial charge in [-0.1, -0.05) is 36.4 Å². The van der Waals surface area contributed by atoms with Crippen LogP contribution in [-0.2, 0) is 0 Å². The fraction of sp³-hybridized carbons (Fsp3) is 0.333. The van der Waals surface area contributed by atoms with E-state index in [4.69, 9.17) is 5.73 Å². The van der Waals surface area contributed by atoms with Crippen molar-refractivity contribution < 1.29 is 5.11 Å². The number of nitrogen functional groups attached to an aromatic ring is 1. The molecular formula is C18H22N2O. The zero-order chi connectivity index (χ0) is 14.7.